The average Bonchev–Trinajstić information content (AvgIpc) is 3.18. The van der Waals surface area contributed by atoms with E-state index in [0.717, 1.165) is 20.7 Å². The first kappa shape index (κ1) is 25.0. The molecule has 1 fully saturated rings. The minimum Gasteiger partial charge on any atom is -0.444 e. The third kappa shape index (κ3) is 5.77. The lowest BCUT2D eigenvalue weighted by atomic mass is 10.2. The summed E-state index contributed by atoms with van der Waals surface area (Å²) in [5.74, 6) is -0.128. The van der Waals surface area contributed by atoms with Crippen LogP contribution in [0.3, 0.4) is 0 Å². The number of piperazine rings is 1. The molecule has 1 aliphatic rings. The van der Waals surface area contributed by atoms with Gasteiger partial charge in [0, 0.05) is 56.9 Å². The number of rotatable bonds is 3. The highest BCUT2D eigenvalue weighted by atomic mass is 35.5. The number of benzene rings is 2. The van der Waals surface area contributed by atoms with Crippen molar-refractivity contribution >= 4 is 69.5 Å². The van der Waals surface area contributed by atoms with Gasteiger partial charge in [-0.05, 0) is 57.2 Å². The molecule has 2 heterocycles. The van der Waals surface area contributed by atoms with Crippen LogP contribution in [0.5, 0.6) is 0 Å². The highest BCUT2D eigenvalue weighted by molar-refractivity contribution is 7.99. The summed E-state index contributed by atoms with van der Waals surface area (Å²) in [4.78, 5) is 33.8. The first-order valence-electron chi connectivity index (χ1n) is 10.7. The van der Waals surface area contributed by atoms with Crippen LogP contribution in [0.2, 0.25) is 15.1 Å². The number of nitrogens with zero attached hydrogens (tertiary/aromatic N) is 2. The van der Waals surface area contributed by atoms with Crippen LogP contribution >= 0.6 is 46.6 Å². The van der Waals surface area contributed by atoms with Crippen LogP contribution in [0.25, 0.3) is 10.9 Å². The zero-order valence-corrected chi connectivity index (χ0v) is 22.0. The van der Waals surface area contributed by atoms with Crippen molar-refractivity contribution in [3.63, 3.8) is 0 Å². The Bertz CT molecular complexity index is 1250. The summed E-state index contributed by atoms with van der Waals surface area (Å²) in [6.45, 7) is 7.19. The van der Waals surface area contributed by atoms with Crippen LogP contribution in [0.15, 0.2) is 46.2 Å². The number of carbonyl (C=O) groups excluding carboxylic acids is 2. The Balaban J connectivity index is 1.51. The third-order valence-corrected chi connectivity index (χ3v) is 7.24. The van der Waals surface area contributed by atoms with Gasteiger partial charge in [0.15, 0.2) is 0 Å². The number of aromatic nitrogens is 1. The van der Waals surface area contributed by atoms with Gasteiger partial charge in [0.2, 0.25) is 0 Å². The fraction of sp³-hybridized carbons (Fsp3) is 0.333. The fourth-order valence-electron chi connectivity index (χ4n) is 3.64. The maximum atomic E-state index is 13.2. The molecule has 0 saturated carbocycles. The summed E-state index contributed by atoms with van der Waals surface area (Å²) in [6.07, 6.45) is -0.359. The summed E-state index contributed by atoms with van der Waals surface area (Å²) < 4.78 is 5.43. The molecule has 0 aliphatic carbocycles. The molecule has 10 heteroatoms. The molecule has 1 aromatic heterocycles. The zero-order valence-electron chi connectivity index (χ0n) is 19.0. The molecule has 34 heavy (non-hydrogen) atoms. The molecular weight excluding hydrogens is 517 g/mol. The van der Waals surface area contributed by atoms with Crippen molar-refractivity contribution in [3.05, 3.63) is 57.2 Å². The van der Waals surface area contributed by atoms with Crippen molar-refractivity contribution in [1.82, 2.24) is 14.8 Å². The number of carbonyl (C=O) groups is 2. The van der Waals surface area contributed by atoms with E-state index in [4.69, 9.17) is 39.5 Å². The molecular formula is C24H24Cl3N3O3S. The normalized spacial score (nSPS) is 14.5. The Morgan fingerprint density at radius 3 is 2.24 bits per heavy atom. The Morgan fingerprint density at radius 2 is 1.59 bits per heavy atom. The summed E-state index contributed by atoms with van der Waals surface area (Å²) >= 11 is 20.2. The molecule has 0 unspecified atom stereocenters. The molecule has 1 N–H and O–H groups in total. The second-order valence-electron chi connectivity index (χ2n) is 8.98. The number of nitrogens with one attached hydrogen (secondary N) is 1. The second kappa shape index (κ2) is 9.90. The van der Waals surface area contributed by atoms with E-state index >= 15 is 0 Å². The van der Waals surface area contributed by atoms with E-state index in [1.807, 2.05) is 39.0 Å². The largest absolute Gasteiger partial charge is 0.444 e. The van der Waals surface area contributed by atoms with Crippen LogP contribution in [0.4, 0.5) is 4.79 Å². The smallest absolute Gasteiger partial charge is 0.410 e. The number of ether oxygens (including phenoxy) is 1. The lowest BCUT2D eigenvalue weighted by Gasteiger charge is -2.35. The van der Waals surface area contributed by atoms with E-state index in [9.17, 15) is 9.59 Å². The van der Waals surface area contributed by atoms with Gasteiger partial charge < -0.3 is 19.5 Å². The Kier molecular flexibility index (Phi) is 7.29. The Morgan fingerprint density at radius 1 is 0.912 bits per heavy atom. The number of aromatic amines is 1. The molecule has 0 bridgehead atoms. The van der Waals surface area contributed by atoms with Gasteiger partial charge in [0.1, 0.15) is 11.3 Å². The van der Waals surface area contributed by atoms with E-state index in [0.29, 0.717) is 46.9 Å². The van der Waals surface area contributed by atoms with Gasteiger partial charge in [-0.2, -0.15) is 0 Å². The number of fused-ring (bicyclic) bond motifs is 1. The molecule has 2 aromatic carbocycles. The van der Waals surface area contributed by atoms with Crippen LogP contribution in [0.1, 0.15) is 31.3 Å². The lowest BCUT2D eigenvalue weighted by molar-refractivity contribution is 0.0140. The predicted octanol–water partition coefficient (Wildman–Crippen LogP) is 6.97. The van der Waals surface area contributed by atoms with E-state index in [2.05, 4.69) is 4.98 Å². The van der Waals surface area contributed by atoms with E-state index < -0.39 is 5.60 Å². The molecule has 6 nitrogen and oxygen atoms in total. The van der Waals surface area contributed by atoms with Gasteiger partial charge >= 0.3 is 6.09 Å². The first-order chi connectivity index (χ1) is 16.0. The van der Waals surface area contributed by atoms with Crippen LogP contribution < -0.4 is 0 Å². The third-order valence-electron chi connectivity index (χ3n) is 5.23. The van der Waals surface area contributed by atoms with Crippen molar-refractivity contribution in [2.75, 3.05) is 26.2 Å². The Labute approximate surface area is 217 Å². The topological polar surface area (TPSA) is 65.6 Å². The van der Waals surface area contributed by atoms with Crippen LogP contribution in [-0.2, 0) is 4.74 Å². The van der Waals surface area contributed by atoms with E-state index in [1.165, 1.54) is 11.8 Å². The summed E-state index contributed by atoms with van der Waals surface area (Å²) in [7, 11) is 0. The van der Waals surface area contributed by atoms with Gasteiger partial charge in [0.25, 0.3) is 5.91 Å². The molecule has 3 aromatic rings. The minimum absolute atomic E-state index is 0.128. The standard InChI is InChI=1S/C24H24Cl3N3O3S/c1-24(2,3)33-23(32)30-8-6-29(7-9-30)22(31)19-13-16-18(28-19)11-15(26)12-21(16)34-20-5-4-14(25)10-17(20)27/h4-5,10-13,28H,6-9H2,1-3H3. The molecule has 0 radical (unpaired) electrons. The quantitative estimate of drug-likeness (QED) is 0.389. The lowest BCUT2D eigenvalue weighted by Crippen LogP contribution is -2.51. The number of halogens is 3. The van der Waals surface area contributed by atoms with Crippen LogP contribution in [0, 0.1) is 0 Å². The van der Waals surface area contributed by atoms with Gasteiger partial charge in [0.05, 0.1) is 5.02 Å². The molecule has 0 spiro atoms. The number of H-pyrrole nitrogens is 1. The maximum absolute atomic E-state index is 13.2. The molecule has 1 aliphatic heterocycles. The van der Waals surface area contributed by atoms with Gasteiger partial charge in [-0.15, -0.1) is 0 Å². The van der Waals surface area contributed by atoms with Crippen molar-refractivity contribution < 1.29 is 14.3 Å². The van der Waals surface area contributed by atoms with Crippen molar-refractivity contribution in [1.29, 1.82) is 0 Å². The number of hydrogen-bond acceptors (Lipinski definition) is 4. The van der Waals surface area contributed by atoms with Crippen molar-refractivity contribution in [2.24, 2.45) is 0 Å². The molecule has 0 atom stereocenters. The molecule has 2 amide bonds. The SMILES string of the molecule is CC(C)(C)OC(=O)N1CCN(C(=O)c2cc3c(Sc4ccc(Cl)cc4Cl)cc(Cl)cc3[nH]2)CC1. The molecule has 4 rings (SSSR count). The monoisotopic (exact) mass is 539 g/mol. The second-order valence-corrected chi connectivity index (χ2v) is 11.3. The summed E-state index contributed by atoms with van der Waals surface area (Å²) in [5, 5.41) is 2.52. The first-order valence-corrected chi connectivity index (χ1v) is 12.7. The van der Waals surface area contributed by atoms with Crippen LogP contribution in [-0.4, -0.2) is 58.6 Å². The van der Waals surface area contributed by atoms with Crippen molar-refractivity contribution in [3.8, 4) is 0 Å². The summed E-state index contributed by atoms with van der Waals surface area (Å²) in [6, 6.07) is 10.8. The average molecular weight is 541 g/mol. The predicted molar refractivity (Wildman–Crippen MR) is 138 cm³/mol. The number of amides is 2. The zero-order chi connectivity index (χ0) is 24.6. The molecule has 180 valence electrons. The van der Waals surface area contributed by atoms with Gasteiger partial charge in [-0.3, -0.25) is 4.79 Å². The van der Waals surface area contributed by atoms with Gasteiger partial charge in [-0.1, -0.05) is 46.6 Å². The number of hydrogen-bond donors (Lipinski definition) is 1. The van der Waals surface area contributed by atoms with Crippen molar-refractivity contribution in [2.45, 2.75) is 36.2 Å². The highest BCUT2D eigenvalue weighted by Crippen LogP contribution is 2.40. The summed E-state index contributed by atoms with van der Waals surface area (Å²) in [5.41, 5.74) is 0.671. The molecule has 1 saturated heterocycles. The fourth-order valence-corrected chi connectivity index (χ4v) is 5.44. The maximum Gasteiger partial charge on any atom is 0.410 e. The van der Waals surface area contributed by atoms with E-state index in [1.54, 1.807) is 28.0 Å². The van der Waals surface area contributed by atoms with Gasteiger partial charge in [-0.25, -0.2) is 4.79 Å². The minimum atomic E-state index is -0.554. The van der Waals surface area contributed by atoms with E-state index in [-0.39, 0.29) is 12.0 Å². The Hall–Kier alpha value is -2.06. The highest BCUT2D eigenvalue weighted by Gasteiger charge is 2.29.